The van der Waals surface area contributed by atoms with Crippen LogP contribution < -0.4 is 10.6 Å². The highest BCUT2D eigenvalue weighted by Gasteiger charge is 2.35. The van der Waals surface area contributed by atoms with E-state index < -0.39 is 0 Å². The van der Waals surface area contributed by atoms with E-state index in [-0.39, 0.29) is 24.2 Å². The average Bonchev–Trinajstić information content (AvgIpc) is 2.34. The van der Waals surface area contributed by atoms with Crippen LogP contribution in [0.2, 0.25) is 0 Å². The Bertz CT molecular complexity index is 163. The van der Waals surface area contributed by atoms with E-state index in [9.17, 15) is 4.79 Å². The van der Waals surface area contributed by atoms with Gasteiger partial charge in [-0.05, 0) is 18.9 Å². The zero-order valence-electron chi connectivity index (χ0n) is 6.30. The summed E-state index contributed by atoms with van der Waals surface area (Å²) in [6.45, 7) is 2.87. The Balaban J connectivity index is 0.000000605. The van der Waals surface area contributed by atoms with Gasteiger partial charge in [0, 0.05) is 13.1 Å². The molecule has 0 bridgehead atoms. The van der Waals surface area contributed by atoms with E-state index in [2.05, 4.69) is 10.6 Å². The Labute approximate surface area is 72.3 Å². The zero-order valence-corrected chi connectivity index (χ0v) is 7.12. The molecule has 64 valence electrons. The minimum Gasteiger partial charge on any atom is -0.356 e. The number of rotatable bonds is 0. The highest BCUT2D eigenvalue weighted by molar-refractivity contribution is 5.85. The summed E-state index contributed by atoms with van der Waals surface area (Å²) in [7, 11) is 0. The van der Waals surface area contributed by atoms with E-state index in [1.165, 1.54) is 0 Å². The number of hydrogen-bond acceptors (Lipinski definition) is 2. The Hall–Kier alpha value is -0.280. The molecule has 0 aromatic heterocycles. The van der Waals surface area contributed by atoms with Crippen molar-refractivity contribution in [1.82, 2.24) is 10.6 Å². The standard InChI is InChI=1S/C7H12N2O.ClH/c10-7-6-4-8-2-1-5(6)3-9-7;/h5-6,8H,1-4H2,(H,9,10);1H/t5-,6-;/m0./s1. The van der Waals surface area contributed by atoms with E-state index in [0.29, 0.717) is 5.92 Å². The lowest BCUT2D eigenvalue weighted by Gasteiger charge is -2.22. The maximum absolute atomic E-state index is 11.1. The average molecular weight is 177 g/mol. The van der Waals surface area contributed by atoms with Crippen molar-refractivity contribution in [3.8, 4) is 0 Å². The molecule has 4 heteroatoms. The Morgan fingerprint density at radius 3 is 2.91 bits per heavy atom. The molecule has 0 saturated carbocycles. The fourth-order valence-electron chi connectivity index (χ4n) is 1.83. The van der Waals surface area contributed by atoms with Crippen molar-refractivity contribution in [1.29, 1.82) is 0 Å². The van der Waals surface area contributed by atoms with Gasteiger partial charge in [0.2, 0.25) is 5.91 Å². The first-order chi connectivity index (χ1) is 4.88. The maximum Gasteiger partial charge on any atom is 0.224 e. The van der Waals surface area contributed by atoms with Crippen molar-refractivity contribution in [2.24, 2.45) is 11.8 Å². The molecule has 2 aliphatic rings. The molecule has 2 N–H and O–H groups in total. The lowest BCUT2D eigenvalue weighted by atomic mass is 9.89. The molecule has 0 unspecified atom stereocenters. The second kappa shape index (κ2) is 3.41. The molecule has 2 atom stereocenters. The second-order valence-electron chi connectivity index (χ2n) is 3.10. The van der Waals surface area contributed by atoms with Crippen LogP contribution in [0.4, 0.5) is 0 Å². The van der Waals surface area contributed by atoms with Gasteiger partial charge in [-0.2, -0.15) is 0 Å². The first-order valence-electron chi connectivity index (χ1n) is 3.86. The molecule has 0 aromatic rings. The highest BCUT2D eigenvalue weighted by atomic mass is 35.5. The molecule has 2 rings (SSSR count). The molecule has 0 spiro atoms. The summed E-state index contributed by atoms with van der Waals surface area (Å²) in [6.07, 6.45) is 1.16. The first kappa shape index (κ1) is 8.81. The summed E-state index contributed by atoms with van der Waals surface area (Å²) in [5, 5.41) is 6.11. The van der Waals surface area contributed by atoms with Crippen LogP contribution in [0, 0.1) is 11.8 Å². The summed E-state index contributed by atoms with van der Waals surface area (Å²) in [5.41, 5.74) is 0. The van der Waals surface area contributed by atoms with Crippen LogP contribution in [0.25, 0.3) is 0 Å². The SMILES string of the molecule is Cl.O=C1NC[C@@H]2CCNC[C@H]12. The van der Waals surface area contributed by atoms with Crippen LogP contribution in [0.15, 0.2) is 0 Å². The van der Waals surface area contributed by atoms with Gasteiger partial charge in [-0.3, -0.25) is 4.79 Å². The van der Waals surface area contributed by atoms with Gasteiger partial charge >= 0.3 is 0 Å². The van der Waals surface area contributed by atoms with Crippen molar-refractivity contribution < 1.29 is 4.79 Å². The Morgan fingerprint density at radius 1 is 1.36 bits per heavy atom. The third kappa shape index (κ3) is 1.49. The molecule has 2 saturated heterocycles. The molecule has 2 aliphatic heterocycles. The molecule has 3 nitrogen and oxygen atoms in total. The van der Waals surface area contributed by atoms with Gasteiger partial charge in [-0.1, -0.05) is 0 Å². The normalized spacial score (nSPS) is 35.5. The topological polar surface area (TPSA) is 41.1 Å². The van der Waals surface area contributed by atoms with Crippen LogP contribution >= 0.6 is 12.4 Å². The Kier molecular flexibility index (Phi) is 2.73. The molecule has 0 radical (unpaired) electrons. The lowest BCUT2D eigenvalue weighted by Crippen LogP contribution is -2.37. The maximum atomic E-state index is 11.1. The number of carbonyl (C=O) groups is 1. The van der Waals surface area contributed by atoms with E-state index >= 15 is 0 Å². The molecular formula is C7H13ClN2O. The monoisotopic (exact) mass is 176 g/mol. The van der Waals surface area contributed by atoms with Gasteiger partial charge in [0.05, 0.1) is 5.92 Å². The van der Waals surface area contributed by atoms with Gasteiger partial charge < -0.3 is 10.6 Å². The smallest absolute Gasteiger partial charge is 0.224 e. The number of fused-ring (bicyclic) bond motifs is 1. The van der Waals surface area contributed by atoms with Crippen molar-refractivity contribution in [3.63, 3.8) is 0 Å². The lowest BCUT2D eigenvalue weighted by molar-refractivity contribution is -0.123. The number of carbonyl (C=O) groups excluding carboxylic acids is 1. The Morgan fingerprint density at radius 2 is 2.18 bits per heavy atom. The van der Waals surface area contributed by atoms with Crippen LogP contribution in [0.1, 0.15) is 6.42 Å². The minimum atomic E-state index is 0. The molecular weight excluding hydrogens is 164 g/mol. The van der Waals surface area contributed by atoms with Gasteiger partial charge in [-0.25, -0.2) is 0 Å². The highest BCUT2D eigenvalue weighted by Crippen LogP contribution is 2.22. The van der Waals surface area contributed by atoms with Crippen LogP contribution in [0.3, 0.4) is 0 Å². The summed E-state index contributed by atoms with van der Waals surface area (Å²) in [5.74, 6) is 1.14. The summed E-state index contributed by atoms with van der Waals surface area (Å²) in [6, 6.07) is 0. The van der Waals surface area contributed by atoms with Gasteiger partial charge in [0.1, 0.15) is 0 Å². The number of halogens is 1. The van der Waals surface area contributed by atoms with E-state index in [1.807, 2.05) is 0 Å². The fraction of sp³-hybridized carbons (Fsp3) is 0.857. The molecule has 11 heavy (non-hydrogen) atoms. The van der Waals surface area contributed by atoms with Gasteiger partial charge in [0.25, 0.3) is 0 Å². The number of amides is 1. The van der Waals surface area contributed by atoms with E-state index in [4.69, 9.17) is 0 Å². The zero-order chi connectivity index (χ0) is 6.97. The predicted molar refractivity (Wildman–Crippen MR) is 44.7 cm³/mol. The summed E-state index contributed by atoms with van der Waals surface area (Å²) >= 11 is 0. The summed E-state index contributed by atoms with van der Waals surface area (Å²) < 4.78 is 0. The van der Waals surface area contributed by atoms with Crippen molar-refractivity contribution in [2.45, 2.75) is 6.42 Å². The second-order valence-corrected chi connectivity index (χ2v) is 3.10. The van der Waals surface area contributed by atoms with Crippen LogP contribution in [-0.2, 0) is 4.79 Å². The molecule has 2 fully saturated rings. The number of hydrogen-bond donors (Lipinski definition) is 2. The van der Waals surface area contributed by atoms with Crippen molar-refractivity contribution in [3.05, 3.63) is 0 Å². The van der Waals surface area contributed by atoms with Crippen molar-refractivity contribution >= 4 is 18.3 Å². The molecule has 0 aliphatic carbocycles. The van der Waals surface area contributed by atoms with Crippen molar-refractivity contribution in [2.75, 3.05) is 19.6 Å². The quantitative estimate of drug-likeness (QED) is 0.535. The molecule has 1 amide bonds. The molecule has 0 aromatic carbocycles. The third-order valence-electron chi connectivity index (χ3n) is 2.50. The predicted octanol–water partition coefficient (Wildman–Crippen LogP) is -0.236. The largest absolute Gasteiger partial charge is 0.356 e. The minimum absolute atomic E-state index is 0. The van der Waals surface area contributed by atoms with Crippen LogP contribution in [-0.4, -0.2) is 25.5 Å². The fourth-order valence-corrected chi connectivity index (χ4v) is 1.83. The van der Waals surface area contributed by atoms with Crippen LogP contribution in [0.5, 0.6) is 0 Å². The molecule has 2 heterocycles. The van der Waals surface area contributed by atoms with Gasteiger partial charge in [0.15, 0.2) is 0 Å². The van der Waals surface area contributed by atoms with E-state index in [1.54, 1.807) is 0 Å². The van der Waals surface area contributed by atoms with E-state index in [0.717, 1.165) is 26.1 Å². The first-order valence-corrected chi connectivity index (χ1v) is 3.86. The van der Waals surface area contributed by atoms with Gasteiger partial charge in [-0.15, -0.1) is 12.4 Å². The summed E-state index contributed by atoms with van der Waals surface area (Å²) in [4.78, 5) is 11.1. The number of nitrogens with one attached hydrogen (secondary N) is 2. The third-order valence-corrected chi connectivity index (χ3v) is 2.50. The number of piperidine rings is 1.